The second-order valence-corrected chi connectivity index (χ2v) is 8.89. The number of carbonyl (C=O) groups is 1. The Labute approximate surface area is 211 Å². The van der Waals surface area contributed by atoms with Crippen LogP contribution in [-0.4, -0.2) is 25.6 Å². The number of benzene rings is 2. The second kappa shape index (κ2) is 8.22. The third kappa shape index (κ3) is 3.22. The molecule has 4 aromatic heterocycles. The van der Waals surface area contributed by atoms with Crippen LogP contribution in [0.3, 0.4) is 0 Å². The maximum absolute atomic E-state index is 15.1. The van der Waals surface area contributed by atoms with Crippen molar-refractivity contribution in [2.24, 2.45) is 0 Å². The van der Waals surface area contributed by atoms with Crippen molar-refractivity contribution in [3.8, 4) is 11.1 Å². The third-order valence-corrected chi connectivity index (χ3v) is 6.94. The fraction of sp³-hybridized carbons (Fsp3) is 0.0385. The van der Waals surface area contributed by atoms with Crippen molar-refractivity contribution in [3.05, 3.63) is 98.6 Å². The maximum Gasteiger partial charge on any atom is 0.353 e. The first-order valence-corrected chi connectivity index (χ1v) is 11.5. The lowest BCUT2D eigenvalue weighted by atomic mass is 10.0. The molecule has 178 valence electrons. The molecule has 10 heteroatoms. The summed E-state index contributed by atoms with van der Waals surface area (Å²) in [4.78, 5) is 32.4. The lowest BCUT2D eigenvalue weighted by molar-refractivity contribution is 0.0687. The number of H-pyrrole nitrogens is 1. The summed E-state index contributed by atoms with van der Waals surface area (Å²) in [6, 6.07) is 12.9. The first-order valence-electron chi connectivity index (χ1n) is 10.7. The highest BCUT2D eigenvalue weighted by Crippen LogP contribution is 2.41. The molecule has 0 amide bonds. The molecular formula is C26H14Cl2FN3O4. The Bertz CT molecular complexity index is 1920. The molecule has 0 aliphatic heterocycles. The standard InChI is InChI=1S/C26H14Cl2FN3O4/c27-21-13-4-1-2-6-17(13)31-24(28)15(21)11-32-18-10-16(29)12-7-9-36-23(12)20(18)19(22(32)26(34)35)14-5-3-8-30-25(14)33/h1-10H,11H2,(H,30,33)(H,34,35). The summed E-state index contributed by atoms with van der Waals surface area (Å²) in [5, 5.41) is 11.8. The van der Waals surface area contributed by atoms with Gasteiger partial charge in [0.15, 0.2) is 0 Å². The highest BCUT2D eigenvalue weighted by molar-refractivity contribution is 6.39. The third-order valence-electron chi connectivity index (χ3n) is 6.20. The van der Waals surface area contributed by atoms with E-state index in [1.165, 1.54) is 35.2 Å². The summed E-state index contributed by atoms with van der Waals surface area (Å²) in [6.07, 6.45) is 2.75. The number of rotatable bonds is 4. The number of halogens is 3. The van der Waals surface area contributed by atoms with Crippen molar-refractivity contribution >= 4 is 61.9 Å². The number of para-hydroxylation sites is 1. The SMILES string of the molecule is O=C(O)c1c(-c2ccc[nH]c2=O)c2c3occc3c(F)cc2n1Cc1c(Cl)nc2ccccc2c1Cl. The molecule has 0 bridgehead atoms. The molecule has 0 saturated carbocycles. The van der Waals surface area contributed by atoms with Crippen molar-refractivity contribution in [3.63, 3.8) is 0 Å². The summed E-state index contributed by atoms with van der Waals surface area (Å²) in [5.41, 5.74) is 0.690. The van der Waals surface area contributed by atoms with E-state index in [-0.39, 0.29) is 50.4 Å². The molecule has 0 radical (unpaired) electrons. The number of hydrogen-bond acceptors (Lipinski definition) is 4. The van der Waals surface area contributed by atoms with Gasteiger partial charge in [0.25, 0.3) is 5.56 Å². The number of nitrogens with one attached hydrogen (secondary N) is 1. The summed E-state index contributed by atoms with van der Waals surface area (Å²) in [7, 11) is 0. The quantitative estimate of drug-likeness (QED) is 0.258. The van der Waals surface area contributed by atoms with E-state index in [4.69, 9.17) is 27.6 Å². The molecule has 0 atom stereocenters. The molecule has 2 N–H and O–H groups in total. The van der Waals surface area contributed by atoms with E-state index in [0.29, 0.717) is 21.5 Å². The van der Waals surface area contributed by atoms with E-state index >= 15 is 4.39 Å². The summed E-state index contributed by atoms with van der Waals surface area (Å²) >= 11 is 13.2. The summed E-state index contributed by atoms with van der Waals surface area (Å²) < 4.78 is 22.1. The van der Waals surface area contributed by atoms with Crippen molar-refractivity contribution in [2.75, 3.05) is 0 Å². The zero-order valence-electron chi connectivity index (χ0n) is 18.2. The number of aromatic amines is 1. The molecule has 7 nitrogen and oxygen atoms in total. The Balaban J connectivity index is 1.75. The first-order chi connectivity index (χ1) is 17.4. The Morgan fingerprint density at radius 3 is 2.72 bits per heavy atom. The van der Waals surface area contributed by atoms with Gasteiger partial charge in [-0.05, 0) is 30.3 Å². The molecule has 36 heavy (non-hydrogen) atoms. The number of pyridine rings is 2. The minimum Gasteiger partial charge on any atom is -0.477 e. The van der Waals surface area contributed by atoms with Gasteiger partial charge in [0.1, 0.15) is 22.2 Å². The van der Waals surface area contributed by atoms with Crippen LogP contribution < -0.4 is 5.56 Å². The maximum atomic E-state index is 15.1. The van der Waals surface area contributed by atoms with E-state index in [1.54, 1.807) is 30.3 Å². The van der Waals surface area contributed by atoms with Crippen LogP contribution in [0.15, 0.2) is 70.2 Å². The van der Waals surface area contributed by atoms with Crippen molar-refractivity contribution < 1.29 is 18.7 Å². The van der Waals surface area contributed by atoms with Crippen LogP contribution in [0, 0.1) is 5.82 Å². The Hall–Kier alpha value is -4.14. The van der Waals surface area contributed by atoms with Crippen LogP contribution in [0.2, 0.25) is 10.2 Å². The molecule has 4 heterocycles. The Kier molecular flexibility index (Phi) is 5.10. The highest BCUT2D eigenvalue weighted by Gasteiger charge is 2.29. The Morgan fingerprint density at radius 2 is 1.94 bits per heavy atom. The van der Waals surface area contributed by atoms with Crippen molar-refractivity contribution in [2.45, 2.75) is 6.54 Å². The monoisotopic (exact) mass is 521 g/mol. The normalized spacial score (nSPS) is 11.6. The number of carboxylic acid groups (broad SMARTS) is 1. The van der Waals surface area contributed by atoms with Gasteiger partial charge in [-0.2, -0.15) is 0 Å². The molecule has 0 fully saturated rings. The van der Waals surface area contributed by atoms with Gasteiger partial charge in [-0.25, -0.2) is 14.2 Å². The fourth-order valence-corrected chi connectivity index (χ4v) is 5.25. The van der Waals surface area contributed by atoms with Gasteiger partial charge in [0, 0.05) is 22.7 Å². The average molecular weight is 522 g/mol. The zero-order chi connectivity index (χ0) is 25.1. The van der Waals surface area contributed by atoms with E-state index < -0.39 is 17.3 Å². The van der Waals surface area contributed by atoms with Gasteiger partial charge in [-0.15, -0.1) is 0 Å². The minimum absolute atomic E-state index is 0.0792. The van der Waals surface area contributed by atoms with Crippen LogP contribution in [0.5, 0.6) is 0 Å². The first kappa shape index (κ1) is 22.3. The molecule has 0 unspecified atom stereocenters. The van der Waals surface area contributed by atoms with Crippen molar-refractivity contribution in [1.29, 1.82) is 0 Å². The van der Waals surface area contributed by atoms with E-state index in [0.717, 1.165) is 0 Å². The lowest BCUT2D eigenvalue weighted by Crippen LogP contribution is -2.14. The van der Waals surface area contributed by atoms with Crippen LogP contribution in [0.25, 0.3) is 43.9 Å². The molecule has 0 aliphatic rings. The predicted molar refractivity (Wildman–Crippen MR) is 136 cm³/mol. The lowest BCUT2D eigenvalue weighted by Gasteiger charge is -2.13. The fourth-order valence-electron chi connectivity index (χ4n) is 4.65. The molecule has 0 spiro atoms. The molecular weight excluding hydrogens is 508 g/mol. The van der Waals surface area contributed by atoms with Gasteiger partial charge in [0.2, 0.25) is 0 Å². The molecule has 0 aliphatic carbocycles. The van der Waals surface area contributed by atoms with Crippen LogP contribution in [-0.2, 0) is 6.54 Å². The molecule has 6 rings (SSSR count). The van der Waals surface area contributed by atoms with Crippen molar-refractivity contribution in [1.82, 2.24) is 14.5 Å². The number of furan rings is 1. The van der Waals surface area contributed by atoms with Gasteiger partial charge in [-0.1, -0.05) is 41.4 Å². The zero-order valence-corrected chi connectivity index (χ0v) is 19.7. The number of nitrogens with zero attached hydrogens (tertiary/aromatic N) is 2. The average Bonchev–Trinajstić information content (AvgIpc) is 3.46. The van der Waals surface area contributed by atoms with Gasteiger partial charge in [0.05, 0.1) is 45.2 Å². The molecule has 6 aromatic rings. The van der Waals surface area contributed by atoms with E-state index in [1.807, 2.05) is 0 Å². The second-order valence-electron chi connectivity index (χ2n) is 8.16. The van der Waals surface area contributed by atoms with Crippen LogP contribution in [0.1, 0.15) is 16.1 Å². The van der Waals surface area contributed by atoms with Gasteiger partial charge in [-0.3, -0.25) is 4.79 Å². The van der Waals surface area contributed by atoms with Crippen LogP contribution in [0.4, 0.5) is 4.39 Å². The number of hydrogen-bond donors (Lipinski definition) is 2. The predicted octanol–water partition coefficient (Wildman–Crippen LogP) is 6.48. The van der Waals surface area contributed by atoms with E-state index in [9.17, 15) is 14.7 Å². The van der Waals surface area contributed by atoms with Gasteiger partial charge < -0.3 is 19.1 Å². The topological polar surface area (TPSA) is 101 Å². The number of fused-ring (bicyclic) bond motifs is 4. The molecule has 2 aromatic carbocycles. The number of carboxylic acids is 1. The number of aromatic carboxylic acids is 1. The van der Waals surface area contributed by atoms with Gasteiger partial charge >= 0.3 is 5.97 Å². The number of aromatic nitrogens is 3. The van der Waals surface area contributed by atoms with E-state index in [2.05, 4.69) is 9.97 Å². The highest BCUT2D eigenvalue weighted by atomic mass is 35.5. The van der Waals surface area contributed by atoms with Crippen LogP contribution >= 0.6 is 23.2 Å². The molecule has 0 saturated heterocycles. The summed E-state index contributed by atoms with van der Waals surface area (Å²) in [6.45, 7) is -0.149. The largest absolute Gasteiger partial charge is 0.477 e. The smallest absolute Gasteiger partial charge is 0.353 e. The summed E-state index contributed by atoms with van der Waals surface area (Å²) in [5.74, 6) is -1.94. The Morgan fingerprint density at radius 1 is 1.14 bits per heavy atom. The minimum atomic E-state index is -1.33.